The summed E-state index contributed by atoms with van der Waals surface area (Å²) in [5.74, 6) is 1.90. The van der Waals surface area contributed by atoms with E-state index in [1.165, 1.54) is 11.8 Å². The molecule has 1 heterocycles. The predicted molar refractivity (Wildman–Crippen MR) is 45.2 cm³/mol. The minimum Gasteiger partial charge on any atom is -0.464 e. The Labute approximate surface area is 74.3 Å². The van der Waals surface area contributed by atoms with E-state index in [2.05, 4.69) is 5.32 Å². The van der Waals surface area contributed by atoms with Gasteiger partial charge in [-0.2, -0.15) is 0 Å². The van der Waals surface area contributed by atoms with Crippen molar-refractivity contribution < 1.29 is 14.3 Å². The van der Waals surface area contributed by atoms with Crippen LogP contribution in [0.15, 0.2) is 5.70 Å². The first-order valence-corrected chi connectivity index (χ1v) is 4.61. The van der Waals surface area contributed by atoms with Gasteiger partial charge in [-0.15, -0.1) is 11.8 Å². The topological polar surface area (TPSA) is 55.4 Å². The summed E-state index contributed by atoms with van der Waals surface area (Å²) in [6, 6.07) is 0. The highest BCUT2D eigenvalue weighted by Crippen LogP contribution is 2.20. The summed E-state index contributed by atoms with van der Waals surface area (Å²) in [7, 11) is 0. The maximum Gasteiger partial charge on any atom is 0.339 e. The van der Waals surface area contributed by atoms with Crippen molar-refractivity contribution in [1.29, 1.82) is 0 Å². The molecule has 1 fully saturated rings. The second-order valence-electron chi connectivity index (χ2n) is 2.17. The van der Waals surface area contributed by atoms with E-state index >= 15 is 0 Å². The van der Waals surface area contributed by atoms with Crippen molar-refractivity contribution in [1.82, 2.24) is 5.32 Å². The lowest BCUT2D eigenvalue weighted by Gasteiger charge is -2.07. The van der Waals surface area contributed by atoms with Gasteiger partial charge in [0.1, 0.15) is 11.6 Å². The fourth-order valence-electron chi connectivity index (χ4n) is 0.812. The lowest BCUT2D eigenvalue weighted by atomic mass is 10.5. The van der Waals surface area contributed by atoms with Crippen molar-refractivity contribution in [2.45, 2.75) is 12.3 Å². The van der Waals surface area contributed by atoms with Crippen LogP contribution in [-0.4, -0.2) is 29.6 Å². The Hall–Kier alpha value is -0.930. The molecule has 0 amide bonds. The average molecular weight is 187 g/mol. The van der Waals surface area contributed by atoms with Crippen LogP contribution < -0.4 is 5.32 Å². The van der Waals surface area contributed by atoms with E-state index in [-0.39, 0.29) is 5.97 Å². The molecule has 1 N–H and O–H groups in total. The summed E-state index contributed by atoms with van der Waals surface area (Å²) < 4.78 is 4.75. The SMILES string of the molecule is CCOC(=O)C1NC(=C=O)CS1. The maximum atomic E-state index is 11.1. The monoisotopic (exact) mass is 187 g/mol. The number of rotatable bonds is 2. The lowest BCUT2D eigenvalue weighted by Crippen LogP contribution is -2.29. The number of esters is 1. The molecule has 0 saturated carbocycles. The van der Waals surface area contributed by atoms with E-state index in [0.717, 1.165) is 0 Å². The summed E-state index contributed by atoms with van der Waals surface area (Å²) in [4.78, 5) is 21.2. The van der Waals surface area contributed by atoms with Crippen LogP contribution in [0.3, 0.4) is 0 Å². The lowest BCUT2D eigenvalue weighted by molar-refractivity contribution is -0.142. The molecule has 1 aliphatic rings. The summed E-state index contributed by atoms with van der Waals surface area (Å²) in [6.07, 6.45) is 0. The highest BCUT2D eigenvalue weighted by atomic mass is 32.2. The largest absolute Gasteiger partial charge is 0.464 e. The summed E-state index contributed by atoms with van der Waals surface area (Å²) in [6.45, 7) is 2.10. The Kier molecular flexibility index (Phi) is 3.19. The van der Waals surface area contributed by atoms with Gasteiger partial charge in [-0.3, -0.25) is 0 Å². The van der Waals surface area contributed by atoms with Crippen LogP contribution in [0.1, 0.15) is 6.92 Å². The first-order chi connectivity index (χ1) is 5.77. The molecular weight excluding hydrogens is 178 g/mol. The van der Waals surface area contributed by atoms with E-state index in [9.17, 15) is 9.59 Å². The predicted octanol–water partition coefficient (Wildman–Crippen LogP) is -0.0725. The van der Waals surface area contributed by atoms with E-state index in [4.69, 9.17) is 4.74 Å². The van der Waals surface area contributed by atoms with Crippen molar-refractivity contribution in [3.05, 3.63) is 5.70 Å². The number of hydrogen-bond donors (Lipinski definition) is 1. The Morgan fingerprint density at radius 2 is 2.67 bits per heavy atom. The van der Waals surface area contributed by atoms with E-state index in [1.54, 1.807) is 12.9 Å². The van der Waals surface area contributed by atoms with Crippen molar-refractivity contribution in [3.63, 3.8) is 0 Å². The number of nitrogens with one attached hydrogen (secondary N) is 1. The summed E-state index contributed by atoms with van der Waals surface area (Å²) >= 11 is 1.34. The smallest absolute Gasteiger partial charge is 0.339 e. The second kappa shape index (κ2) is 4.18. The number of carbonyl (C=O) groups excluding carboxylic acids is 2. The number of carbonyl (C=O) groups is 1. The molecule has 1 aliphatic heterocycles. The van der Waals surface area contributed by atoms with Gasteiger partial charge >= 0.3 is 5.97 Å². The van der Waals surface area contributed by atoms with Crippen LogP contribution >= 0.6 is 11.8 Å². The van der Waals surface area contributed by atoms with Gasteiger partial charge in [0.2, 0.25) is 0 Å². The zero-order valence-corrected chi connectivity index (χ0v) is 7.44. The van der Waals surface area contributed by atoms with Gasteiger partial charge in [0.25, 0.3) is 0 Å². The third-order valence-corrected chi connectivity index (χ3v) is 2.42. The van der Waals surface area contributed by atoms with Crippen LogP contribution in [-0.2, 0) is 14.3 Å². The normalized spacial score (nSPS) is 21.4. The molecule has 0 bridgehead atoms. The summed E-state index contributed by atoms with van der Waals surface area (Å²) in [5.41, 5.74) is 0.429. The fraction of sp³-hybridized carbons (Fsp3) is 0.571. The van der Waals surface area contributed by atoms with Crippen LogP contribution in [0.4, 0.5) is 0 Å². The summed E-state index contributed by atoms with van der Waals surface area (Å²) in [5, 5.41) is 2.28. The highest BCUT2D eigenvalue weighted by Gasteiger charge is 2.27. The van der Waals surface area contributed by atoms with E-state index in [0.29, 0.717) is 18.1 Å². The van der Waals surface area contributed by atoms with Crippen LogP contribution in [0, 0.1) is 0 Å². The van der Waals surface area contributed by atoms with Gasteiger partial charge < -0.3 is 10.1 Å². The average Bonchev–Trinajstić information content (AvgIpc) is 2.52. The zero-order valence-electron chi connectivity index (χ0n) is 6.62. The Morgan fingerprint density at radius 3 is 3.17 bits per heavy atom. The van der Waals surface area contributed by atoms with E-state index in [1.807, 2.05) is 0 Å². The molecule has 4 nitrogen and oxygen atoms in total. The first-order valence-electron chi connectivity index (χ1n) is 3.56. The number of ether oxygens (including phenoxy) is 1. The Morgan fingerprint density at radius 1 is 1.92 bits per heavy atom. The van der Waals surface area contributed by atoms with Gasteiger partial charge in [-0.1, -0.05) is 0 Å². The third-order valence-electron chi connectivity index (χ3n) is 1.32. The molecule has 0 spiro atoms. The molecule has 1 rings (SSSR count). The minimum atomic E-state index is -0.429. The standard InChI is InChI=1S/C7H9NO3S/c1-2-11-7(10)6-8-5(3-9)4-12-6/h6,8H,2,4H2,1H3. The van der Waals surface area contributed by atoms with Crippen molar-refractivity contribution >= 4 is 23.7 Å². The Bertz CT molecular complexity index is 235. The van der Waals surface area contributed by atoms with Crippen LogP contribution in [0.5, 0.6) is 0 Å². The molecule has 0 aromatic rings. The molecule has 12 heavy (non-hydrogen) atoms. The quantitative estimate of drug-likeness (QED) is 0.484. The van der Waals surface area contributed by atoms with Crippen LogP contribution in [0.2, 0.25) is 0 Å². The number of hydrogen-bond acceptors (Lipinski definition) is 5. The van der Waals surface area contributed by atoms with Crippen molar-refractivity contribution in [2.75, 3.05) is 12.4 Å². The molecule has 0 aliphatic carbocycles. The second-order valence-corrected chi connectivity index (χ2v) is 3.26. The maximum absolute atomic E-state index is 11.1. The van der Waals surface area contributed by atoms with Gasteiger partial charge in [-0.05, 0) is 6.92 Å². The molecule has 1 atom stereocenters. The molecular formula is C7H9NO3S. The molecule has 1 unspecified atom stereocenters. The fourth-order valence-corrected chi connectivity index (χ4v) is 1.72. The molecule has 0 aromatic heterocycles. The molecule has 5 heteroatoms. The van der Waals surface area contributed by atoms with Crippen molar-refractivity contribution in [3.8, 4) is 0 Å². The Balaban J connectivity index is 2.46. The third kappa shape index (κ3) is 2.03. The molecule has 0 aromatic carbocycles. The molecule has 1 saturated heterocycles. The van der Waals surface area contributed by atoms with E-state index < -0.39 is 5.37 Å². The van der Waals surface area contributed by atoms with Gasteiger partial charge in [0.15, 0.2) is 5.37 Å². The van der Waals surface area contributed by atoms with Gasteiger partial charge in [0.05, 0.1) is 6.61 Å². The minimum absolute atomic E-state index is 0.326. The first kappa shape index (κ1) is 9.16. The molecule has 66 valence electrons. The van der Waals surface area contributed by atoms with Gasteiger partial charge in [-0.25, -0.2) is 9.59 Å². The van der Waals surface area contributed by atoms with Crippen LogP contribution in [0.25, 0.3) is 0 Å². The van der Waals surface area contributed by atoms with Gasteiger partial charge in [0, 0.05) is 5.75 Å². The van der Waals surface area contributed by atoms with Crippen molar-refractivity contribution in [2.24, 2.45) is 0 Å². The molecule has 0 radical (unpaired) electrons. The zero-order chi connectivity index (χ0) is 8.97. The highest BCUT2D eigenvalue weighted by molar-refractivity contribution is 8.01. The number of thioether (sulfide) groups is 1.